The lowest BCUT2D eigenvalue weighted by Gasteiger charge is -2.15. The molecule has 2 aromatic rings. The summed E-state index contributed by atoms with van der Waals surface area (Å²) in [6.07, 6.45) is -6.10. The van der Waals surface area contributed by atoms with Crippen molar-refractivity contribution in [3.05, 3.63) is 63.9 Å². The van der Waals surface area contributed by atoms with E-state index >= 15 is 0 Å². The van der Waals surface area contributed by atoms with Gasteiger partial charge in [0.1, 0.15) is 17.7 Å². The fourth-order valence-electron chi connectivity index (χ4n) is 1.79. The van der Waals surface area contributed by atoms with E-state index in [-0.39, 0.29) is 15.6 Å². The Morgan fingerprint density at radius 1 is 1.10 bits per heavy atom. The lowest BCUT2D eigenvalue weighted by molar-refractivity contribution is -0.274. The Balaban J connectivity index is 2.33. The Labute approximate surface area is 126 Å². The van der Waals surface area contributed by atoms with Gasteiger partial charge in [-0.1, -0.05) is 24.3 Å². The molecular weight excluding hydrogens is 356 g/mol. The first-order valence-corrected chi connectivity index (χ1v) is 6.55. The molecule has 0 spiro atoms. The van der Waals surface area contributed by atoms with Gasteiger partial charge < -0.3 is 9.84 Å². The highest BCUT2D eigenvalue weighted by molar-refractivity contribution is 9.10. The van der Waals surface area contributed by atoms with Gasteiger partial charge in [-0.3, -0.25) is 0 Å². The van der Waals surface area contributed by atoms with E-state index in [1.54, 1.807) is 0 Å². The molecule has 0 aromatic heterocycles. The van der Waals surface area contributed by atoms with Gasteiger partial charge in [-0.15, -0.1) is 13.2 Å². The van der Waals surface area contributed by atoms with E-state index < -0.39 is 24.0 Å². The molecule has 2 aromatic carbocycles. The first-order chi connectivity index (χ1) is 9.78. The van der Waals surface area contributed by atoms with Crippen molar-refractivity contribution >= 4 is 15.9 Å². The van der Waals surface area contributed by atoms with Crippen LogP contribution in [0.5, 0.6) is 5.75 Å². The Morgan fingerprint density at radius 2 is 1.76 bits per heavy atom. The fourth-order valence-corrected chi connectivity index (χ4v) is 2.27. The minimum Gasteiger partial charge on any atom is -0.406 e. The maximum Gasteiger partial charge on any atom is 0.573 e. The minimum absolute atomic E-state index is 0.0552. The smallest absolute Gasteiger partial charge is 0.406 e. The molecule has 0 aliphatic heterocycles. The fraction of sp³-hybridized carbons (Fsp3) is 0.143. The van der Waals surface area contributed by atoms with Crippen LogP contribution in [0.4, 0.5) is 17.6 Å². The summed E-state index contributed by atoms with van der Waals surface area (Å²) in [4.78, 5) is 0. The number of alkyl halides is 3. The highest BCUT2D eigenvalue weighted by Crippen LogP contribution is 2.32. The van der Waals surface area contributed by atoms with Gasteiger partial charge in [0.25, 0.3) is 0 Å². The zero-order valence-electron chi connectivity index (χ0n) is 10.4. The standard InChI is InChI=1S/C14H9BrF4O2/c15-12-10(5-2-6-11(12)16)13(20)8-3-1-4-9(7-8)21-14(17,18)19/h1-7,13,20H. The lowest BCUT2D eigenvalue weighted by atomic mass is 10.0. The van der Waals surface area contributed by atoms with E-state index in [4.69, 9.17) is 0 Å². The third kappa shape index (κ3) is 3.95. The van der Waals surface area contributed by atoms with Crippen LogP contribution in [0.2, 0.25) is 0 Å². The monoisotopic (exact) mass is 364 g/mol. The van der Waals surface area contributed by atoms with Crippen molar-refractivity contribution in [2.24, 2.45) is 0 Å². The van der Waals surface area contributed by atoms with Gasteiger partial charge in [0, 0.05) is 5.56 Å². The van der Waals surface area contributed by atoms with Crippen molar-refractivity contribution < 1.29 is 27.4 Å². The molecule has 0 fully saturated rings. The van der Waals surface area contributed by atoms with E-state index in [0.717, 1.165) is 12.1 Å². The van der Waals surface area contributed by atoms with E-state index in [9.17, 15) is 22.7 Å². The van der Waals surface area contributed by atoms with Crippen LogP contribution in [0.3, 0.4) is 0 Å². The molecule has 7 heteroatoms. The highest BCUT2D eigenvalue weighted by Gasteiger charge is 2.31. The summed E-state index contributed by atoms with van der Waals surface area (Å²) in [5, 5.41) is 10.2. The first-order valence-electron chi connectivity index (χ1n) is 5.75. The largest absolute Gasteiger partial charge is 0.573 e. The van der Waals surface area contributed by atoms with Crippen molar-refractivity contribution in [1.82, 2.24) is 0 Å². The van der Waals surface area contributed by atoms with Gasteiger partial charge in [-0.25, -0.2) is 4.39 Å². The summed E-state index contributed by atoms with van der Waals surface area (Å²) < 4.78 is 53.8. The van der Waals surface area contributed by atoms with Gasteiger partial charge in [-0.05, 0) is 39.7 Å². The van der Waals surface area contributed by atoms with E-state index in [1.807, 2.05) is 0 Å². The van der Waals surface area contributed by atoms with Gasteiger partial charge >= 0.3 is 6.36 Å². The summed E-state index contributed by atoms with van der Waals surface area (Å²) in [5.41, 5.74) is 0.363. The number of halogens is 5. The number of hydrogen-bond acceptors (Lipinski definition) is 2. The van der Waals surface area contributed by atoms with Crippen LogP contribution in [0.25, 0.3) is 0 Å². The molecule has 2 nitrogen and oxygen atoms in total. The van der Waals surface area contributed by atoms with Crippen molar-refractivity contribution in [3.8, 4) is 5.75 Å². The molecule has 0 saturated carbocycles. The predicted octanol–water partition coefficient (Wildman–Crippen LogP) is 4.57. The Kier molecular flexibility index (Phi) is 4.53. The van der Waals surface area contributed by atoms with Gasteiger partial charge in [-0.2, -0.15) is 0 Å². The number of benzene rings is 2. The molecule has 0 aliphatic carbocycles. The quantitative estimate of drug-likeness (QED) is 0.808. The molecule has 1 unspecified atom stereocenters. The zero-order valence-corrected chi connectivity index (χ0v) is 12.0. The number of hydrogen-bond donors (Lipinski definition) is 1. The summed E-state index contributed by atoms with van der Waals surface area (Å²) in [6, 6.07) is 8.96. The van der Waals surface area contributed by atoms with Crippen LogP contribution in [0.15, 0.2) is 46.9 Å². The number of aliphatic hydroxyl groups is 1. The highest BCUT2D eigenvalue weighted by atomic mass is 79.9. The molecule has 0 radical (unpaired) electrons. The topological polar surface area (TPSA) is 29.5 Å². The van der Waals surface area contributed by atoms with Crippen LogP contribution in [0.1, 0.15) is 17.2 Å². The number of aliphatic hydroxyl groups excluding tert-OH is 1. The van der Waals surface area contributed by atoms with Crippen molar-refractivity contribution in [2.45, 2.75) is 12.5 Å². The summed E-state index contributed by atoms with van der Waals surface area (Å²) >= 11 is 3.00. The molecule has 21 heavy (non-hydrogen) atoms. The molecule has 0 amide bonds. The van der Waals surface area contributed by atoms with Crippen LogP contribution in [-0.4, -0.2) is 11.5 Å². The van der Waals surface area contributed by atoms with E-state index in [2.05, 4.69) is 20.7 Å². The molecule has 1 N–H and O–H groups in total. The van der Waals surface area contributed by atoms with Crippen molar-refractivity contribution in [1.29, 1.82) is 0 Å². The minimum atomic E-state index is -4.82. The van der Waals surface area contributed by atoms with Crippen LogP contribution in [-0.2, 0) is 0 Å². The molecule has 0 heterocycles. The Morgan fingerprint density at radius 3 is 2.43 bits per heavy atom. The van der Waals surface area contributed by atoms with Crippen LogP contribution in [0, 0.1) is 5.82 Å². The summed E-state index contributed by atoms with van der Waals surface area (Å²) in [6.45, 7) is 0. The average Bonchev–Trinajstić information content (AvgIpc) is 2.39. The third-order valence-electron chi connectivity index (χ3n) is 2.68. The SMILES string of the molecule is OC(c1cccc(OC(F)(F)F)c1)c1cccc(F)c1Br. The maximum absolute atomic E-state index is 13.4. The van der Waals surface area contributed by atoms with Crippen molar-refractivity contribution in [2.75, 3.05) is 0 Å². The van der Waals surface area contributed by atoms with Gasteiger partial charge in [0.2, 0.25) is 0 Å². The second kappa shape index (κ2) is 6.03. The molecule has 1 atom stereocenters. The number of ether oxygens (including phenoxy) is 1. The molecule has 0 aliphatic rings. The normalized spacial score (nSPS) is 13.0. The van der Waals surface area contributed by atoms with E-state index in [1.165, 1.54) is 30.3 Å². The second-order valence-electron chi connectivity index (χ2n) is 4.17. The van der Waals surface area contributed by atoms with Gasteiger partial charge in [0.05, 0.1) is 4.47 Å². The third-order valence-corrected chi connectivity index (χ3v) is 3.52. The van der Waals surface area contributed by atoms with Crippen LogP contribution < -0.4 is 4.74 Å². The molecule has 2 rings (SSSR count). The van der Waals surface area contributed by atoms with E-state index in [0.29, 0.717) is 0 Å². The molecular formula is C14H9BrF4O2. The Bertz CT molecular complexity index is 643. The molecule has 112 valence electrons. The first kappa shape index (κ1) is 15.8. The second-order valence-corrected chi connectivity index (χ2v) is 4.96. The predicted molar refractivity (Wildman–Crippen MR) is 71.3 cm³/mol. The van der Waals surface area contributed by atoms with Gasteiger partial charge in [0.15, 0.2) is 0 Å². The zero-order chi connectivity index (χ0) is 15.6. The van der Waals surface area contributed by atoms with Crippen LogP contribution >= 0.6 is 15.9 Å². The number of rotatable bonds is 3. The average molecular weight is 365 g/mol. The molecule has 0 saturated heterocycles. The van der Waals surface area contributed by atoms with Crippen molar-refractivity contribution in [3.63, 3.8) is 0 Å². The maximum atomic E-state index is 13.4. The summed E-state index contributed by atoms with van der Waals surface area (Å²) in [5.74, 6) is -1.03. The summed E-state index contributed by atoms with van der Waals surface area (Å²) in [7, 11) is 0. The Hall–Kier alpha value is -1.60. The lowest BCUT2D eigenvalue weighted by Crippen LogP contribution is -2.17. The molecule has 0 bridgehead atoms.